The van der Waals surface area contributed by atoms with Gasteiger partial charge in [-0.15, -0.1) is 0 Å². The van der Waals surface area contributed by atoms with Gasteiger partial charge in [-0.05, 0) is 41.5 Å². The molecule has 1 fully saturated rings. The van der Waals surface area contributed by atoms with Crippen molar-refractivity contribution in [2.24, 2.45) is 0 Å². The lowest BCUT2D eigenvalue weighted by Gasteiger charge is -2.31. The van der Waals surface area contributed by atoms with Gasteiger partial charge in [0.25, 0.3) is 17.8 Å². The molecule has 0 aliphatic carbocycles. The van der Waals surface area contributed by atoms with Gasteiger partial charge in [0.1, 0.15) is 11.4 Å². The molecule has 190 valence electrons. The molecule has 1 aliphatic rings. The largest absolute Gasteiger partial charge is 0.425 e. The fourth-order valence-corrected chi connectivity index (χ4v) is 4.31. The van der Waals surface area contributed by atoms with Gasteiger partial charge in [-0.3, -0.25) is 9.78 Å². The third-order valence-corrected chi connectivity index (χ3v) is 6.30. The molecule has 3 heterocycles. The number of carbonyl (C=O) groups is 2. The number of halogens is 3. The van der Waals surface area contributed by atoms with E-state index in [1.165, 1.54) is 30.3 Å². The SMILES string of the molecule is CNC(=O)Oc1cc2cc(-c3ccc(C(=O)N4CCC(F)(F)CC4)cc3)cc(-c3ccncc3F)c2o1. The van der Waals surface area contributed by atoms with Crippen LogP contribution in [0, 0.1) is 5.82 Å². The maximum Gasteiger partial charge on any atom is 0.414 e. The molecule has 0 atom stereocenters. The molecule has 7 nitrogen and oxygen atoms in total. The summed E-state index contributed by atoms with van der Waals surface area (Å²) in [4.78, 5) is 29.7. The number of alkyl halides is 2. The third kappa shape index (κ3) is 5.00. The number of ether oxygens (including phenoxy) is 1. The molecule has 2 aromatic carbocycles. The zero-order valence-electron chi connectivity index (χ0n) is 19.8. The van der Waals surface area contributed by atoms with Gasteiger partial charge >= 0.3 is 6.09 Å². The molecule has 1 N–H and O–H groups in total. The van der Waals surface area contributed by atoms with Crippen molar-refractivity contribution in [1.29, 1.82) is 0 Å². The number of pyridine rings is 1. The lowest BCUT2D eigenvalue weighted by molar-refractivity contribution is -0.0494. The minimum Gasteiger partial charge on any atom is -0.425 e. The lowest BCUT2D eigenvalue weighted by Crippen LogP contribution is -2.42. The van der Waals surface area contributed by atoms with Crippen molar-refractivity contribution in [2.45, 2.75) is 18.8 Å². The summed E-state index contributed by atoms with van der Waals surface area (Å²) in [6, 6.07) is 13.3. The molecule has 1 aliphatic heterocycles. The van der Waals surface area contributed by atoms with Crippen molar-refractivity contribution >= 4 is 23.0 Å². The van der Waals surface area contributed by atoms with Crippen molar-refractivity contribution in [3.05, 3.63) is 72.3 Å². The number of carbonyl (C=O) groups excluding carboxylic acids is 2. The number of aromatic nitrogens is 1. The Morgan fingerprint density at radius 1 is 1.03 bits per heavy atom. The first-order valence-corrected chi connectivity index (χ1v) is 11.6. The predicted molar refractivity (Wildman–Crippen MR) is 130 cm³/mol. The Hall–Kier alpha value is -4.34. The lowest BCUT2D eigenvalue weighted by atomic mass is 9.96. The number of amides is 2. The molecule has 0 radical (unpaired) electrons. The molecule has 10 heteroatoms. The molecule has 2 amide bonds. The maximum absolute atomic E-state index is 14.7. The molecule has 0 spiro atoms. The number of hydrogen-bond donors (Lipinski definition) is 1. The first-order chi connectivity index (χ1) is 17.7. The number of fused-ring (bicyclic) bond motifs is 1. The summed E-state index contributed by atoms with van der Waals surface area (Å²) in [5, 5.41) is 2.90. The number of furan rings is 1. The molecule has 37 heavy (non-hydrogen) atoms. The number of nitrogens with one attached hydrogen (secondary N) is 1. The number of nitrogens with zero attached hydrogens (tertiary/aromatic N) is 2. The van der Waals surface area contributed by atoms with E-state index in [4.69, 9.17) is 9.15 Å². The van der Waals surface area contributed by atoms with E-state index in [1.54, 1.807) is 36.4 Å². The van der Waals surface area contributed by atoms with Crippen LogP contribution in [0.1, 0.15) is 23.2 Å². The number of benzene rings is 2. The molecule has 0 unspecified atom stereocenters. The maximum atomic E-state index is 14.7. The molecule has 0 saturated carbocycles. The van der Waals surface area contributed by atoms with Crippen molar-refractivity contribution in [2.75, 3.05) is 20.1 Å². The highest BCUT2D eigenvalue weighted by Crippen LogP contribution is 2.39. The van der Waals surface area contributed by atoms with Crippen molar-refractivity contribution in [3.63, 3.8) is 0 Å². The van der Waals surface area contributed by atoms with Crippen molar-refractivity contribution in [3.8, 4) is 28.2 Å². The van der Waals surface area contributed by atoms with Gasteiger partial charge in [0.15, 0.2) is 0 Å². The van der Waals surface area contributed by atoms with Crippen LogP contribution < -0.4 is 10.1 Å². The summed E-state index contributed by atoms with van der Waals surface area (Å²) in [6.07, 6.45) is 1.14. The van der Waals surface area contributed by atoms with E-state index in [1.807, 2.05) is 0 Å². The van der Waals surface area contributed by atoms with E-state index in [9.17, 15) is 22.8 Å². The zero-order valence-corrected chi connectivity index (χ0v) is 19.8. The van der Waals surface area contributed by atoms with Crippen LogP contribution in [0.15, 0.2) is 65.3 Å². The second-order valence-electron chi connectivity index (χ2n) is 8.73. The fourth-order valence-electron chi connectivity index (χ4n) is 4.31. The van der Waals surface area contributed by atoms with Crippen LogP contribution in [-0.4, -0.2) is 47.9 Å². The highest BCUT2D eigenvalue weighted by Gasteiger charge is 2.35. The molecular formula is C27H22F3N3O4. The summed E-state index contributed by atoms with van der Waals surface area (Å²) < 4.78 is 52.4. The van der Waals surface area contributed by atoms with Gasteiger partial charge in [0.2, 0.25) is 0 Å². The van der Waals surface area contributed by atoms with Crippen molar-refractivity contribution in [1.82, 2.24) is 15.2 Å². The van der Waals surface area contributed by atoms with E-state index in [-0.39, 0.29) is 43.3 Å². The monoisotopic (exact) mass is 509 g/mol. The predicted octanol–water partition coefficient (Wildman–Crippen LogP) is 5.89. The normalized spacial score (nSPS) is 15.0. The number of hydrogen-bond acceptors (Lipinski definition) is 5. The van der Waals surface area contributed by atoms with Crippen LogP contribution in [0.25, 0.3) is 33.2 Å². The first-order valence-electron chi connectivity index (χ1n) is 11.6. The van der Waals surface area contributed by atoms with E-state index in [2.05, 4.69) is 10.3 Å². The molecule has 5 rings (SSSR count). The summed E-state index contributed by atoms with van der Waals surface area (Å²) >= 11 is 0. The van der Waals surface area contributed by atoms with Gasteiger partial charge in [0, 0.05) is 67.3 Å². The first kappa shape index (κ1) is 24.4. The average molecular weight is 509 g/mol. The molecule has 1 saturated heterocycles. The summed E-state index contributed by atoms with van der Waals surface area (Å²) in [6.45, 7) is 0.0120. The average Bonchev–Trinajstić information content (AvgIpc) is 3.30. The summed E-state index contributed by atoms with van der Waals surface area (Å²) in [7, 11) is 1.41. The Labute approximate surface area is 209 Å². The van der Waals surface area contributed by atoms with Crippen LogP contribution in [0.3, 0.4) is 0 Å². The van der Waals surface area contributed by atoms with Gasteiger partial charge in [-0.25, -0.2) is 18.0 Å². The van der Waals surface area contributed by atoms with Crippen molar-refractivity contribution < 1.29 is 31.9 Å². The highest BCUT2D eigenvalue weighted by molar-refractivity contribution is 5.98. The summed E-state index contributed by atoms with van der Waals surface area (Å²) in [5.74, 6) is -3.65. The molecule has 4 aromatic rings. The van der Waals surface area contributed by atoms with E-state index >= 15 is 0 Å². The highest BCUT2D eigenvalue weighted by atomic mass is 19.3. The van der Waals surface area contributed by atoms with Crippen LogP contribution >= 0.6 is 0 Å². The standard InChI is InChI=1S/C27H22F3N3O4/c1-31-26(35)37-23-14-19-12-18(13-21(24(19)36-23)20-6-9-32-15-22(20)28)16-2-4-17(5-3-16)25(34)33-10-7-27(29,30)8-11-33/h2-6,9,12-15H,7-8,10-11H2,1H3,(H,31,35). The van der Waals surface area contributed by atoms with E-state index in [0.717, 1.165) is 11.8 Å². The van der Waals surface area contributed by atoms with Crippen LogP contribution in [0.2, 0.25) is 0 Å². The van der Waals surface area contributed by atoms with E-state index < -0.39 is 17.8 Å². The van der Waals surface area contributed by atoms with Crippen LogP contribution in [-0.2, 0) is 0 Å². The second kappa shape index (κ2) is 9.61. The number of piperidine rings is 1. The fraction of sp³-hybridized carbons (Fsp3) is 0.222. The summed E-state index contributed by atoms with van der Waals surface area (Å²) in [5.41, 5.74) is 2.81. The van der Waals surface area contributed by atoms with Gasteiger partial charge < -0.3 is 19.4 Å². The topological polar surface area (TPSA) is 84.7 Å². The van der Waals surface area contributed by atoms with Crippen LogP contribution in [0.4, 0.5) is 18.0 Å². The third-order valence-electron chi connectivity index (χ3n) is 6.30. The van der Waals surface area contributed by atoms with Gasteiger partial charge in [-0.1, -0.05) is 12.1 Å². The second-order valence-corrected chi connectivity index (χ2v) is 8.73. The minimum absolute atomic E-state index is 0.00601. The quantitative estimate of drug-likeness (QED) is 0.371. The Balaban J connectivity index is 1.50. The molecule has 0 bridgehead atoms. The smallest absolute Gasteiger partial charge is 0.414 e. The minimum atomic E-state index is -2.73. The molecular weight excluding hydrogens is 487 g/mol. The van der Waals surface area contributed by atoms with Crippen LogP contribution in [0.5, 0.6) is 5.95 Å². The Morgan fingerprint density at radius 3 is 2.43 bits per heavy atom. The van der Waals surface area contributed by atoms with E-state index in [0.29, 0.717) is 27.7 Å². The Kier molecular flexibility index (Phi) is 6.32. The van der Waals surface area contributed by atoms with Gasteiger partial charge in [-0.2, -0.15) is 0 Å². The zero-order chi connectivity index (χ0) is 26.2. The number of rotatable bonds is 4. The Morgan fingerprint density at radius 2 is 1.76 bits per heavy atom. The molecule has 2 aromatic heterocycles. The Bertz CT molecular complexity index is 1470. The number of likely N-dealkylation sites (tertiary alicyclic amines) is 1. The van der Waals surface area contributed by atoms with Gasteiger partial charge in [0.05, 0.1) is 6.20 Å².